The predicted molar refractivity (Wildman–Crippen MR) is 291 cm³/mol. The molecule has 0 fully saturated rings. The highest BCUT2D eigenvalue weighted by atomic mass is 31.2. The number of nitro groups is 3. The smallest absolute Gasteiger partial charge is 0.317 e. The number of aryl methyl sites for hydroxylation is 3. The maximum atomic E-state index is 10.6. The summed E-state index contributed by atoms with van der Waals surface area (Å²) in [6.45, 7) is 20.3. The molecule has 3 aromatic carbocycles. The molecular weight excluding hydrogens is 924 g/mol. The van der Waals surface area contributed by atoms with E-state index in [9.17, 15) is 30.3 Å². The first-order valence-corrected chi connectivity index (χ1v) is 28.2. The minimum Gasteiger partial charge on any atom is -0.317 e. The number of hydrogen-bond donors (Lipinski definition) is 6. The molecule has 16 nitrogen and oxygen atoms in total. The number of nitrogens with zero attached hydrogens (tertiary/aromatic N) is 3. The van der Waals surface area contributed by atoms with Gasteiger partial charge in [-0.1, -0.05) is 136 Å². The number of rotatable bonds is 36. The largest absolute Gasteiger partial charge is 0.466 e. The monoisotopic (exact) mass is 1020 g/mol. The third-order valence-corrected chi connectivity index (χ3v) is 13.1. The van der Waals surface area contributed by atoms with Gasteiger partial charge < -0.3 is 30.6 Å². The molecule has 0 bridgehead atoms. The molecule has 0 aliphatic rings. The third-order valence-electron chi connectivity index (χ3n) is 13.1. The SMILES string of the molecule is CCC(CC)CCNCCCCCc1ccc([N+](=O)[O-])cc1.CCC(CC)CCNCCCCCc1ccc([N+](=O)[O-])cc1.CCC(CC)CCNCCCCCc1ccc([N+](=O)[O-])cc1.O=P(O)(O)O. The predicted octanol–water partition coefficient (Wildman–Crippen LogP) is 13.2. The first kappa shape index (κ1) is 66.9. The summed E-state index contributed by atoms with van der Waals surface area (Å²) in [7, 11) is -4.64. The van der Waals surface area contributed by atoms with Crippen LogP contribution in [0.5, 0.6) is 0 Å². The van der Waals surface area contributed by atoms with Crippen molar-refractivity contribution in [1.29, 1.82) is 0 Å². The van der Waals surface area contributed by atoms with Gasteiger partial charge in [-0.2, -0.15) is 0 Å². The molecular formula is C54H93N6O10P. The van der Waals surface area contributed by atoms with Crippen LogP contribution in [-0.2, 0) is 23.8 Å². The van der Waals surface area contributed by atoms with Gasteiger partial charge in [0.05, 0.1) is 14.8 Å². The van der Waals surface area contributed by atoms with E-state index in [2.05, 4.69) is 57.5 Å². The van der Waals surface area contributed by atoms with Crippen LogP contribution in [0.4, 0.5) is 17.1 Å². The fourth-order valence-electron chi connectivity index (χ4n) is 8.01. The van der Waals surface area contributed by atoms with Crippen molar-refractivity contribution < 1.29 is 34.0 Å². The highest BCUT2D eigenvalue weighted by Crippen LogP contribution is 2.26. The summed E-state index contributed by atoms with van der Waals surface area (Å²) in [4.78, 5) is 52.2. The highest BCUT2D eigenvalue weighted by molar-refractivity contribution is 7.45. The van der Waals surface area contributed by atoms with Crippen molar-refractivity contribution in [3.05, 3.63) is 120 Å². The highest BCUT2D eigenvalue weighted by Gasteiger charge is 2.08. The number of unbranched alkanes of at least 4 members (excludes halogenated alkanes) is 6. The summed E-state index contributed by atoms with van der Waals surface area (Å²) in [5.74, 6) is 2.61. The molecule has 0 radical (unpaired) electrons. The van der Waals surface area contributed by atoms with Crippen LogP contribution in [0, 0.1) is 48.1 Å². The number of nitro benzene ring substituents is 3. The molecule has 3 rings (SSSR count). The van der Waals surface area contributed by atoms with Crippen molar-refractivity contribution in [2.24, 2.45) is 17.8 Å². The van der Waals surface area contributed by atoms with Crippen molar-refractivity contribution in [2.75, 3.05) is 39.3 Å². The Balaban J connectivity index is 0.000000985. The lowest BCUT2D eigenvalue weighted by Crippen LogP contribution is -2.19. The van der Waals surface area contributed by atoms with Gasteiger partial charge in [0, 0.05) is 36.4 Å². The fraction of sp³-hybridized carbons (Fsp3) is 0.667. The van der Waals surface area contributed by atoms with Crippen molar-refractivity contribution >= 4 is 24.9 Å². The van der Waals surface area contributed by atoms with E-state index in [1.165, 1.54) is 113 Å². The quantitative estimate of drug-likeness (QED) is 0.0138. The van der Waals surface area contributed by atoms with E-state index in [0.717, 1.165) is 95.5 Å². The van der Waals surface area contributed by atoms with Gasteiger partial charge in [0.1, 0.15) is 0 Å². The van der Waals surface area contributed by atoms with Crippen molar-refractivity contribution in [3.8, 4) is 0 Å². The van der Waals surface area contributed by atoms with E-state index in [0.29, 0.717) is 0 Å². The summed E-state index contributed by atoms with van der Waals surface area (Å²) in [6, 6.07) is 20.8. The summed E-state index contributed by atoms with van der Waals surface area (Å²) < 4.78 is 8.88. The number of benzene rings is 3. The van der Waals surface area contributed by atoms with E-state index in [1.807, 2.05) is 36.4 Å². The minimum absolute atomic E-state index is 0.172. The second-order valence-electron chi connectivity index (χ2n) is 18.4. The minimum atomic E-state index is -4.64. The molecule has 0 unspecified atom stereocenters. The van der Waals surface area contributed by atoms with E-state index in [4.69, 9.17) is 19.2 Å². The lowest BCUT2D eigenvalue weighted by Gasteiger charge is -2.12. The summed E-state index contributed by atoms with van der Waals surface area (Å²) in [5.41, 5.74) is 4.08. The number of phosphoric acid groups is 1. The Bertz CT molecular complexity index is 1600. The lowest BCUT2D eigenvalue weighted by molar-refractivity contribution is -0.385. The summed E-state index contributed by atoms with van der Waals surface area (Å²) >= 11 is 0. The van der Waals surface area contributed by atoms with Crippen LogP contribution in [0.1, 0.15) is 174 Å². The summed E-state index contributed by atoms with van der Waals surface area (Å²) in [6.07, 6.45) is 25.2. The number of nitrogens with one attached hydrogen (secondary N) is 3. The summed E-state index contributed by atoms with van der Waals surface area (Å²) in [5, 5.41) is 42.3. The average Bonchev–Trinajstić information content (AvgIpc) is 3.35. The molecule has 3 aromatic rings. The molecule has 71 heavy (non-hydrogen) atoms. The van der Waals surface area contributed by atoms with Gasteiger partial charge in [-0.15, -0.1) is 0 Å². The topological polar surface area (TPSA) is 243 Å². The standard InChI is InChI=1S/3C18H30N2O2.H3O4P/c3*1-3-16(4-2)13-15-19-14-7-5-6-8-17-9-11-18(12-10-17)20(21)22;1-5(2,3)4/h3*9-12,16,19H,3-8,13-15H2,1-2H3;(H3,1,2,3,4). The Labute approximate surface area is 426 Å². The number of hydrogen-bond acceptors (Lipinski definition) is 10. The maximum Gasteiger partial charge on any atom is 0.466 e. The van der Waals surface area contributed by atoms with Crippen molar-refractivity contribution in [3.63, 3.8) is 0 Å². The van der Waals surface area contributed by atoms with Gasteiger partial charge in [-0.25, -0.2) is 4.57 Å². The molecule has 404 valence electrons. The maximum absolute atomic E-state index is 10.6. The molecule has 0 saturated heterocycles. The Morgan fingerprint density at radius 1 is 0.394 bits per heavy atom. The fourth-order valence-corrected chi connectivity index (χ4v) is 8.01. The van der Waals surface area contributed by atoms with E-state index < -0.39 is 7.82 Å². The Morgan fingerprint density at radius 3 is 0.789 bits per heavy atom. The van der Waals surface area contributed by atoms with Crippen LogP contribution in [0.2, 0.25) is 0 Å². The first-order valence-electron chi connectivity index (χ1n) is 26.6. The van der Waals surface area contributed by atoms with Gasteiger partial charge in [0.25, 0.3) is 17.1 Å². The van der Waals surface area contributed by atoms with E-state index in [1.54, 1.807) is 36.4 Å². The molecule has 6 N–H and O–H groups in total. The van der Waals surface area contributed by atoms with Crippen LogP contribution in [-0.4, -0.2) is 68.7 Å². The second-order valence-corrected chi connectivity index (χ2v) is 19.4. The van der Waals surface area contributed by atoms with Crippen LogP contribution >= 0.6 is 7.82 Å². The van der Waals surface area contributed by atoms with E-state index in [-0.39, 0.29) is 31.8 Å². The van der Waals surface area contributed by atoms with Gasteiger partial charge in [0.2, 0.25) is 0 Å². The lowest BCUT2D eigenvalue weighted by atomic mass is 10.00. The van der Waals surface area contributed by atoms with Crippen LogP contribution in [0.25, 0.3) is 0 Å². The molecule has 0 atom stereocenters. The van der Waals surface area contributed by atoms with Gasteiger partial charge in [-0.3, -0.25) is 30.3 Å². The third kappa shape index (κ3) is 39.1. The molecule has 0 amide bonds. The zero-order valence-electron chi connectivity index (χ0n) is 44.2. The van der Waals surface area contributed by atoms with Crippen LogP contribution in [0.3, 0.4) is 0 Å². The Morgan fingerprint density at radius 2 is 0.606 bits per heavy atom. The van der Waals surface area contributed by atoms with Gasteiger partial charge in [-0.05, 0) is 151 Å². The average molecular weight is 1020 g/mol. The Hall–Kier alpha value is -4.15. The second kappa shape index (κ2) is 43.4. The van der Waals surface area contributed by atoms with Gasteiger partial charge in [0.15, 0.2) is 0 Å². The molecule has 0 aromatic heterocycles. The van der Waals surface area contributed by atoms with Crippen LogP contribution < -0.4 is 16.0 Å². The molecule has 0 saturated carbocycles. The Kier molecular flexibility index (Phi) is 40.9. The zero-order valence-corrected chi connectivity index (χ0v) is 45.1. The molecule has 0 aliphatic heterocycles. The molecule has 0 spiro atoms. The number of non-ortho nitro benzene ring substituents is 3. The molecule has 0 heterocycles. The normalized spacial score (nSPS) is 11.1. The van der Waals surface area contributed by atoms with E-state index >= 15 is 0 Å². The molecule has 17 heteroatoms. The van der Waals surface area contributed by atoms with Crippen LogP contribution in [0.15, 0.2) is 72.8 Å². The van der Waals surface area contributed by atoms with Crippen molar-refractivity contribution in [2.45, 2.75) is 176 Å². The first-order chi connectivity index (χ1) is 34.0. The van der Waals surface area contributed by atoms with Crippen molar-refractivity contribution in [1.82, 2.24) is 16.0 Å². The van der Waals surface area contributed by atoms with Gasteiger partial charge >= 0.3 is 7.82 Å². The molecule has 0 aliphatic carbocycles. The zero-order chi connectivity index (χ0) is 53.1.